The van der Waals surface area contributed by atoms with Gasteiger partial charge in [0.05, 0.1) is 6.20 Å². The standard InChI is InChI=1S/C17H18N4O/c1-4-16(22)20-17-11(2)15-7-12(5-6-13(15)8-18-17)14-9-19-21(3)10-14/h5-10H,4H2,1-3H3,(H,18,20,22). The van der Waals surface area contributed by atoms with Crippen LogP contribution < -0.4 is 5.32 Å². The van der Waals surface area contributed by atoms with Crippen LogP contribution in [-0.4, -0.2) is 20.7 Å². The lowest BCUT2D eigenvalue weighted by atomic mass is 10.0. The van der Waals surface area contributed by atoms with Crippen molar-refractivity contribution in [3.05, 3.63) is 42.4 Å². The second-order valence-electron chi connectivity index (χ2n) is 5.34. The molecular formula is C17H18N4O. The van der Waals surface area contributed by atoms with E-state index in [9.17, 15) is 4.79 Å². The maximum absolute atomic E-state index is 11.6. The van der Waals surface area contributed by atoms with E-state index < -0.39 is 0 Å². The van der Waals surface area contributed by atoms with Gasteiger partial charge in [-0.3, -0.25) is 9.48 Å². The van der Waals surface area contributed by atoms with Crippen LogP contribution in [0.15, 0.2) is 36.8 Å². The molecule has 1 amide bonds. The van der Waals surface area contributed by atoms with Crippen molar-refractivity contribution in [2.75, 3.05) is 5.32 Å². The van der Waals surface area contributed by atoms with Crippen LogP contribution in [-0.2, 0) is 11.8 Å². The molecule has 0 bridgehead atoms. The average Bonchev–Trinajstić information content (AvgIpc) is 2.96. The maximum Gasteiger partial charge on any atom is 0.225 e. The first-order chi connectivity index (χ1) is 10.6. The van der Waals surface area contributed by atoms with Crippen LogP contribution in [0.3, 0.4) is 0 Å². The van der Waals surface area contributed by atoms with Gasteiger partial charge in [0.25, 0.3) is 0 Å². The van der Waals surface area contributed by atoms with E-state index in [1.165, 1.54) is 0 Å². The van der Waals surface area contributed by atoms with Gasteiger partial charge in [-0.15, -0.1) is 0 Å². The molecule has 3 rings (SSSR count). The topological polar surface area (TPSA) is 59.8 Å². The Balaban J connectivity index is 2.09. The Kier molecular flexibility index (Phi) is 3.63. The van der Waals surface area contributed by atoms with E-state index >= 15 is 0 Å². The number of benzene rings is 1. The fraction of sp³-hybridized carbons (Fsp3) is 0.235. The zero-order chi connectivity index (χ0) is 15.7. The molecule has 0 saturated carbocycles. The number of carbonyl (C=O) groups excluding carboxylic acids is 1. The van der Waals surface area contributed by atoms with E-state index in [-0.39, 0.29) is 5.91 Å². The lowest BCUT2D eigenvalue weighted by Gasteiger charge is -2.10. The molecule has 112 valence electrons. The number of carbonyl (C=O) groups is 1. The molecule has 2 aromatic heterocycles. The highest BCUT2D eigenvalue weighted by molar-refractivity contribution is 5.96. The van der Waals surface area contributed by atoms with Crippen molar-refractivity contribution in [1.29, 1.82) is 0 Å². The molecule has 0 fully saturated rings. The van der Waals surface area contributed by atoms with Gasteiger partial charge in [-0.05, 0) is 29.5 Å². The predicted octanol–water partition coefficient (Wildman–Crippen LogP) is 3.29. The maximum atomic E-state index is 11.6. The van der Waals surface area contributed by atoms with Crippen molar-refractivity contribution in [2.24, 2.45) is 7.05 Å². The summed E-state index contributed by atoms with van der Waals surface area (Å²) in [5.41, 5.74) is 3.15. The van der Waals surface area contributed by atoms with Crippen LogP contribution in [0.5, 0.6) is 0 Å². The van der Waals surface area contributed by atoms with Gasteiger partial charge in [0.15, 0.2) is 0 Å². The quantitative estimate of drug-likeness (QED) is 0.806. The summed E-state index contributed by atoms with van der Waals surface area (Å²) in [5.74, 6) is 0.598. The SMILES string of the molecule is CCC(=O)Nc1ncc2ccc(-c3cnn(C)c3)cc2c1C. The fourth-order valence-electron chi connectivity index (χ4n) is 2.45. The van der Waals surface area contributed by atoms with Crippen molar-refractivity contribution in [3.63, 3.8) is 0 Å². The molecule has 0 aliphatic carbocycles. The Hall–Kier alpha value is -2.69. The molecule has 22 heavy (non-hydrogen) atoms. The summed E-state index contributed by atoms with van der Waals surface area (Å²) in [6, 6.07) is 6.22. The van der Waals surface area contributed by atoms with Crippen LogP contribution in [0.25, 0.3) is 21.9 Å². The third-order valence-electron chi connectivity index (χ3n) is 3.76. The van der Waals surface area contributed by atoms with Gasteiger partial charge in [-0.2, -0.15) is 5.10 Å². The predicted molar refractivity (Wildman–Crippen MR) is 87.6 cm³/mol. The van der Waals surface area contributed by atoms with Crippen molar-refractivity contribution in [1.82, 2.24) is 14.8 Å². The molecule has 0 atom stereocenters. The highest BCUT2D eigenvalue weighted by Gasteiger charge is 2.09. The second-order valence-corrected chi connectivity index (χ2v) is 5.34. The summed E-state index contributed by atoms with van der Waals surface area (Å²) in [4.78, 5) is 16.0. The molecule has 0 aliphatic heterocycles. The first-order valence-electron chi connectivity index (χ1n) is 7.26. The third kappa shape index (κ3) is 2.57. The molecule has 2 heterocycles. The van der Waals surface area contributed by atoms with Crippen molar-refractivity contribution >= 4 is 22.5 Å². The van der Waals surface area contributed by atoms with E-state index in [1.54, 1.807) is 10.9 Å². The van der Waals surface area contributed by atoms with Gasteiger partial charge in [-0.1, -0.05) is 19.1 Å². The van der Waals surface area contributed by atoms with Crippen LogP contribution in [0.2, 0.25) is 0 Å². The number of anilines is 1. The summed E-state index contributed by atoms with van der Waals surface area (Å²) in [6.45, 7) is 3.81. The number of nitrogens with zero attached hydrogens (tertiary/aromatic N) is 3. The Bertz CT molecular complexity index is 851. The van der Waals surface area contributed by atoms with E-state index in [2.05, 4.69) is 27.5 Å². The number of fused-ring (bicyclic) bond motifs is 1. The number of nitrogens with one attached hydrogen (secondary N) is 1. The van der Waals surface area contributed by atoms with E-state index in [4.69, 9.17) is 0 Å². The van der Waals surface area contributed by atoms with Gasteiger partial charge in [0.2, 0.25) is 5.91 Å². The highest BCUT2D eigenvalue weighted by Crippen LogP contribution is 2.28. The zero-order valence-corrected chi connectivity index (χ0v) is 12.9. The largest absolute Gasteiger partial charge is 0.310 e. The van der Waals surface area contributed by atoms with Gasteiger partial charge >= 0.3 is 0 Å². The second kappa shape index (κ2) is 5.60. The molecule has 1 aromatic carbocycles. The minimum Gasteiger partial charge on any atom is -0.310 e. The zero-order valence-electron chi connectivity index (χ0n) is 12.9. The summed E-state index contributed by atoms with van der Waals surface area (Å²) < 4.78 is 1.78. The van der Waals surface area contributed by atoms with Crippen molar-refractivity contribution in [2.45, 2.75) is 20.3 Å². The van der Waals surface area contributed by atoms with Crippen LogP contribution in [0.4, 0.5) is 5.82 Å². The van der Waals surface area contributed by atoms with Gasteiger partial charge in [-0.25, -0.2) is 4.98 Å². The van der Waals surface area contributed by atoms with Crippen molar-refractivity contribution in [3.8, 4) is 11.1 Å². The Morgan fingerprint density at radius 2 is 2.09 bits per heavy atom. The third-order valence-corrected chi connectivity index (χ3v) is 3.76. The van der Waals surface area contributed by atoms with Crippen molar-refractivity contribution < 1.29 is 4.79 Å². The van der Waals surface area contributed by atoms with Gasteiger partial charge in [0.1, 0.15) is 5.82 Å². The number of hydrogen-bond acceptors (Lipinski definition) is 3. The van der Waals surface area contributed by atoms with Crippen LogP contribution in [0, 0.1) is 6.92 Å². The van der Waals surface area contributed by atoms with Crippen LogP contribution in [0.1, 0.15) is 18.9 Å². The molecular weight excluding hydrogens is 276 g/mol. The van der Waals surface area contributed by atoms with Gasteiger partial charge in [0, 0.05) is 36.8 Å². The van der Waals surface area contributed by atoms with E-state index in [0.717, 1.165) is 27.5 Å². The fourth-order valence-corrected chi connectivity index (χ4v) is 2.45. The lowest BCUT2D eigenvalue weighted by molar-refractivity contribution is -0.115. The smallest absolute Gasteiger partial charge is 0.225 e. The Labute approximate surface area is 129 Å². The number of rotatable bonds is 3. The first kappa shape index (κ1) is 14.3. The molecule has 0 radical (unpaired) electrons. The van der Waals surface area contributed by atoms with E-state index in [1.807, 2.05) is 39.4 Å². The summed E-state index contributed by atoms with van der Waals surface area (Å²) in [7, 11) is 1.90. The lowest BCUT2D eigenvalue weighted by Crippen LogP contribution is -2.12. The summed E-state index contributed by atoms with van der Waals surface area (Å²) in [5, 5.41) is 9.20. The van der Waals surface area contributed by atoms with Gasteiger partial charge < -0.3 is 5.32 Å². The molecule has 1 N–H and O–H groups in total. The van der Waals surface area contributed by atoms with Crippen LogP contribution >= 0.6 is 0 Å². The molecule has 0 spiro atoms. The number of amides is 1. The number of pyridine rings is 1. The monoisotopic (exact) mass is 294 g/mol. The minimum absolute atomic E-state index is 0.0293. The Morgan fingerprint density at radius 1 is 1.27 bits per heavy atom. The number of hydrogen-bond donors (Lipinski definition) is 1. The molecule has 5 heteroatoms. The molecule has 5 nitrogen and oxygen atoms in total. The normalized spacial score (nSPS) is 10.9. The summed E-state index contributed by atoms with van der Waals surface area (Å²) >= 11 is 0. The average molecular weight is 294 g/mol. The molecule has 3 aromatic rings. The van der Waals surface area contributed by atoms with E-state index in [0.29, 0.717) is 12.2 Å². The summed E-state index contributed by atoms with van der Waals surface area (Å²) in [6.07, 6.45) is 6.06. The number of aryl methyl sites for hydroxylation is 2. The molecule has 0 saturated heterocycles. The minimum atomic E-state index is -0.0293. The Morgan fingerprint density at radius 3 is 2.77 bits per heavy atom. The highest BCUT2D eigenvalue weighted by atomic mass is 16.1. The first-order valence-corrected chi connectivity index (χ1v) is 7.26. The number of aromatic nitrogens is 3. The molecule has 0 aliphatic rings. The molecule has 0 unspecified atom stereocenters.